The number of nitrogens with one attached hydrogen (secondary N) is 1. The SMILES string of the molecule is COc1cc2c(cc1OC)[C@@H]([C@H](C)NC(=O)c1ccccc1)N(Cc1ccc(C)cc1)CC2. The van der Waals surface area contributed by atoms with Gasteiger partial charge in [0, 0.05) is 24.7 Å². The van der Waals surface area contributed by atoms with Crippen molar-refractivity contribution < 1.29 is 14.3 Å². The van der Waals surface area contributed by atoms with Crippen LogP contribution in [0.15, 0.2) is 66.7 Å². The zero-order valence-electron chi connectivity index (χ0n) is 19.8. The Kier molecular flexibility index (Phi) is 6.99. The molecule has 0 spiro atoms. The lowest BCUT2D eigenvalue weighted by molar-refractivity contribution is 0.0877. The van der Waals surface area contributed by atoms with Crippen molar-refractivity contribution in [3.05, 3.63) is 94.5 Å². The molecule has 0 aromatic heterocycles. The molecule has 0 saturated heterocycles. The Morgan fingerprint density at radius 1 is 1.03 bits per heavy atom. The Morgan fingerprint density at radius 3 is 2.36 bits per heavy atom. The number of amides is 1. The number of carbonyl (C=O) groups is 1. The summed E-state index contributed by atoms with van der Waals surface area (Å²) in [4.78, 5) is 15.4. The summed E-state index contributed by atoms with van der Waals surface area (Å²) in [5.74, 6) is 1.38. The Balaban J connectivity index is 1.68. The molecule has 1 aliphatic heterocycles. The highest BCUT2D eigenvalue weighted by Crippen LogP contribution is 2.40. The smallest absolute Gasteiger partial charge is 0.251 e. The molecule has 5 heteroatoms. The molecule has 1 amide bonds. The predicted octanol–water partition coefficient (Wildman–Crippen LogP) is 4.93. The van der Waals surface area contributed by atoms with Crippen molar-refractivity contribution >= 4 is 5.91 Å². The summed E-state index contributed by atoms with van der Waals surface area (Å²) >= 11 is 0. The largest absolute Gasteiger partial charge is 0.493 e. The standard InChI is InChI=1S/C28H32N2O3/c1-19-10-12-21(13-11-19)18-30-15-14-23-16-25(32-3)26(33-4)17-24(23)27(30)20(2)29-28(31)22-8-6-5-7-9-22/h5-13,16-17,20,27H,14-15,18H2,1-4H3,(H,29,31)/t20-,27+/m0/s1. The third-order valence-corrected chi connectivity index (χ3v) is 6.40. The van der Waals surface area contributed by atoms with Gasteiger partial charge in [0.05, 0.1) is 20.3 Å². The minimum absolute atomic E-state index is 0.00233. The number of rotatable bonds is 7. The van der Waals surface area contributed by atoms with Crippen LogP contribution in [0, 0.1) is 6.92 Å². The van der Waals surface area contributed by atoms with Crippen molar-refractivity contribution in [1.82, 2.24) is 10.2 Å². The number of hydrogen-bond donors (Lipinski definition) is 1. The molecule has 0 radical (unpaired) electrons. The van der Waals surface area contributed by atoms with Crippen LogP contribution in [0.25, 0.3) is 0 Å². The van der Waals surface area contributed by atoms with Gasteiger partial charge in [-0.25, -0.2) is 0 Å². The normalized spacial score (nSPS) is 16.5. The summed E-state index contributed by atoms with van der Waals surface area (Å²) in [5, 5.41) is 3.25. The minimum Gasteiger partial charge on any atom is -0.493 e. The predicted molar refractivity (Wildman–Crippen MR) is 131 cm³/mol. The van der Waals surface area contributed by atoms with Crippen LogP contribution >= 0.6 is 0 Å². The van der Waals surface area contributed by atoms with Crippen molar-refractivity contribution in [3.63, 3.8) is 0 Å². The summed E-state index contributed by atoms with van der Waals surface area (Å²) < 4.78 is 11.2. The van der Waals surface area contributed by atoms with E-state index in [1.54, 1.807) is 14.2 Å². The van der Waals surface area contributed by atoms with E-state index in [2.05, 4.69) is 60.5 Å². The molecular formula is C28H32N2O3. The van der Waals surface area contributed by atoms with Crippen LogP contribution in [-0.4, -0.2) is 37.6 Å². The van der Waals surface area contributed by atoms with Gasteiger partial charge in [-0.2, -0.15) is 0 Å². The van der Waals surface area contributed by atoms with Crippen molar-refractivity contribution in [1.29, 1.82) is 0 Å². The molecule has 0 saturated carbocycles. The van der Waals surface area contributed by atoms with Gasteiger partial charge in [-0.3, -0.25) is 9.69 Å². The molecule has 4 rings (SSSR count). The Labute approximate surface area is 196 Å². The number of aryl methyl sites for hydroxylation is 1. The van der Waals surface area contributed by atoms with Crippen LogP contribution in [0.3, 0.4) is 0 Å². The molecule has 0 unspecified atom stereocenters. The molecule has 0 bridgehead atoms. The van der Waals surface area contributed by atoms with E-state index in [1.165, 1.54) is 22.3 Å². The fourth-order valence-corrected chi connectivity index (χ4v) is 4.68. The number of nitrogens with zero attached hydrogens (tertiary/aromatic N) is 1. The number of benzene rings is 3. The van der Waals surface area contributed by atoms with E-state index < -0.39 is 0 Å². The molecule has 1 aliphatic rings. The first kappa shape index (κ1) is 22.9. The van der Waals surface area contributed by atoms with Gasteiger partial charge in [-0.05, 0) is 61.2 Å². The van der Waals surface area contributed by atoms with Gasteiger partial charge >= 0.3 is 0 Å². The molecule has 1 heterocycles. The quantitative estimate of drug-likeness (QED) is 0.561. The highest BCUT2D eigenvalue weighted by atomic mass is 16.5. The molecular weight excluding hydrogens is 412 g/mol. The van der Waals surface area contributed by atoms with Crippen molar-refractivity contribution in [2.24, 2.45) is 0 Å². The summed E-state index contributed by atoms with van der Waals surface area (Å²) in [6, 6.07) is 22.1. The van der Waals surface area contributed by atoms with E-state index in [-0.39, 0.29) is 18.0 Å². The van der Waals surface area contributed by atoms with Gasteiger partial charge in [0.25, 0.3) is 5.91 Å². The van der Waals surface area contributed by atoms with E-state index in [4.69, 9.17) is 9.47 Å². The monoisotopic (exact) mass is 444 g/mol. The second-order valence-electron chi connectivity index (χ2n) is 8.69. The Morgan fingerprint density at radius 2 is 1.70 bits per heavy atom. The fraction of sp³-hybridized carbons (Fsp3) is 0.321. The van der Waals surface area contributed by atoms with E-state index in [1.807, 2.05) is 30.3 Å². The highest BCUT2D eigenvalue weighted by Gasteiger charge is 2.34. The van der Waals surface area contributed by atoms with Gasteiger partial charge in [0.2, 0.25) is 0 Å². The van der Waals surface area contributed by atoms with E-state index >= 15 is 0 Å². The average molecular weight is 445 g/mol. The lowest BCUT2D eigenvalue weighted by Crippen LogP contribution is -2.47. The van der Waals surface area contributed by atoms with Crippen LogP contribution in [0.5, 0.6) is 11.5 Å². The fourth-order valence-electron chi connectivity index (χ4n) is 4.68. The maximum absolute atomic E-state index is 13.0. The zero-order valence-corrected chi connectivity index (χ0v) is 19.8. The maximum Gasteiger partial charge on any atom is 0.251 e. The first-order chi connectivity index (χ1) is 16.0. The number of carbonyl (C=O) groups excluding carboxylic acids is 1. The molecule has 3 aromatic rings. The van der Waals surface area contributed by atoms with Crippen LogP contribution in [0.2, 0.25) is 0 Å². The molecule has 0 aliphatic carbocycles. The van der Waals surface area contributed by atoms with Gasteiger partial charge in [-0.15, -0.1) is 0 Å². The number of methoxy groups -OCH3 is 2. The third kappa shape index (κ3) is 5.04. The third-order valence-electron chi connectivity index (χ3n) is 6.40. The van der Waals surface area contributed by atoms with Crippen LogP contribution in [0.4, 0.5) is 0 Å². The second kappa shape index (κ2) is 10.1. The summed E-state index contributed by atoms with van der Waals surface area (Å²) in [5.41, 5.74) is 5.58. The second-order valence-corrected chi connectivity index (χ2v) is 8.69. The van der Waals surface area contributed by atoms with E-state index in [0.29, 0.717) is 11.3 Å². The zero-order chi connectivity index (χ0) is 23.4. The van der Waals surface area contributed by atoms with Crippen LogP contribution < -0.4 is 14.8 Å². The van der Waals surface area contributed by atoms with Gasteiger partial charge in [0.15, 0.2) is 11.5 Å². The first-order valence-corrected chi connectivity index (χ1v) is 11.4. The highest BCUT2D eigenvalue weighted by molar-refractivity contribution is 5.94. The molecule has 33 heavy (non-hydrogen) atoms. The Hall–Kier alpha value is -3.31. The van der Waals surface area contributed by atoms with Crippen molar-refractivity contribution in [2.45, 2.75) is 38.9 Å². The molecule has 2 atom stereocenters. The maximum atomic E-state index is 13.0. The topological polar surface area (TPSA) is 50.8 Å². The summed E-state index contributed by atoms with van der Waals surface area (Å²) in [7, 11) is 3.32. The Bertz CT molecular complexity index is 1100. The minimum atomic E-state index is -0.111. The van der Waals surface area contributed by atoms with Crippen LogP contribution in [0.1, 0.15) is 45.6 Å². The summed E-state index contributed by atoms with van der Waals surface area (Å²) in [6.07, 6.45) is 0.914. The molecule has 3 aromatic carbocycles. The number of fused-ring (bicyclic) bond motifs is 1. The summed E-state index contributed by atoms with van der Waals surface area (Å²) in [6.45, 7) is 5.89. The first-order valence-electron chi connectivity index (χ1n) is 11.4. The molecule has 1 N–H and O–H groups in total. The number of hydrogen-bond acceptors (Lipinski definition) is 4. The molecule has 172 valence electrons. The lowest BCUT2D eigenvalue weighted by Gasteiger charge is -2.41. The van der Waals surface area contributed by atoms with Crippen LogP contribution in [-0.2, 0) is 13.0 Å². The van der Waals surface area contributed by atoms with Crippen molar-refractivity contribution in [2.75, 3.05) is 20.8 Å². The van der Waals surface area contributed by atoms with E-state index in [0.717, 1.165) is 25.3 Å². The average Bonchev–Trinajstić information content (AvgIpc) is 2.84. The van der Waals surface area contributed by atoms with Gasteiger partial charge in [-0.1, -0.05) is 48.0 Å². The lowest BCUT2D eigenvalue weighted by atomic mass is 9.87. The van der Waals surface area contributed by atoms with Gasteiger partial charge < -0.3 is 14.8 Å². The van der Waals surface area contributed by atoms with E-state index in [9.17, 15) is 4.79 Å². The van der Waals surface area contributed by atoms with Crippen molar-refractivity contribution in [3.8, 4) is 11.5 Å². The molecule has 0 fully saturated rings. The molecule has 5 nitrogen and oxygen atoms in total. The van der Waals surface area contributed by atoms with Gasteiger partial charge in [0.1, 0.15) is 0 Å². The number of ether oxygens (including phenoxy) is 2.